The molecule has 1 aliphatic heterocycles. The lowest BCUT2D eigenvalue weighted by molar-refractivity contribution is 0.267. The van der Waals surface area contributed by atoms with Gasteiger partial charge in [0.15, 0.2) is 0 Å². The minimum Gasteiger partial charge on any atom is -0.314 e. The normalized spacial score (nSPS) is 29.6. The van der Waals surface area contributed by atoms with E-state index in [1.165, 1.54) is 44.6 Å². The van der Waals surface area contributed by atoms with Gasteiger partial charge in [-0.15, -0.1) is 0 Å². The Morgan fingerprint density at radius 2 is 2.20 bits per heavy atom. The van der Waals surface area contributed by atoms with Gasteiger partial charge in [-0.05, 0) is 51.4 Å². The van der Waals surface area contributed by atoms with Crippen LogP contribution in [-0.4, -0.2) is 48.6 Å². The van der Waals surface area contributed by atoms with Crippen molar-refractivity contribution in [2.45, 2.75) is 38.3 Å². The van der Waals surface area contributed by atoms with Crippen molar-refractivity contribution in [3.63, 3.8) is 0 Å². The Hall–Kier alpha value is 0.270. The van der Waals surface area contributed by atoms with E-state index in [1.807, 2.05) is 11.8 Å². The van der Waals surface area contributed by atoms with Crippen molar-refractivity contribution >= 4 is 11.8 Å². The molecule has 2 atom stereocenters. The molecule has 1 saturated carbocycles. The molecule has 88 valence electrons. The van der Waals surface area contributed by atoms with Crippen molar-refractivity contribution in [1.29, 1.82) is 0 Å². The summed E-state index contributed by atoms with van der Waals surface area (Å²) in [5.41, 5.74) is 0. The molecule has 0 amide bonds. The quantitative estimate of drug-likeness (QED) is 0.746. The Bertz CT molecular complexity index is 194. The molecule has 0 aromatic heterocycles. The third-order valence-electron chi connectivity index (χ3n) is 3.62. The minimum atomic E-state index is 0.769. The first-order valence-electron chi connectivity index (χ1n) is 6.26. The summed E-state index contributed by atoms with van der Waals surface area (Å²) in [7, 11) is 0. The fourth-order valence-corrected chi connectivity index (χ4v) is 3.09. The van der Waals surface area contributed by atoms with Gasteiger partial charge in [0.25, 0.3) is 0 Å². The predicted octanol–water partition coefficient (Wildman–Crippen LogP) is 1.81. The van der Waals surface area contributed by atoms with E-state index in [2.05, 4.69) is 23.4 Å². The van der Waals surface area contributed by atoms with E-state index in [9.17, 15) is 0 Å². The molecule has 15 heavy (non-hydrogen) atoms. The van der Waals surface area contributed by atoms with E-state index in [0.717, 1.165) is 18.0 Å². The number of hydrogen-bond donors (Lipinski definition) is 1. The van der Waals surface area contributed by atoms with Crippen molar-refractivity contribution in [2.75, 3.05) is 31.6 Å². The molecule has 1 saturated heterocycles. The van der Waals surface area contributed by atoms with Crippen LogP contribution in [0.5, 0.6) is 0 Å². The fraction of sp³-hybridized carbons (Fsp3) is 1.00. The Kier molecular flexibility index (Phi) is 4.35. The molecule has 1 N–H and O–H groups in total. The second kappa shape index (κ2) is 5.55. The number of hydrogen-bond acceptors (Lipinski definition) is 3. The van der Waals surface area contributed by atoms with Gasteiger partial charge in [-0.1, -0.05) is 0 Å². The van der Waals surface area contributed by atoms with Crippen molar-refractivity contribution in [3.05, 3.63) is 0 Å². The average molecular weight is 228 g/mol. The van der Waals surface area contributed by atoms with Crippen LogP contribution < -0.4 is 5.32 Å². The lowest BCUT2D eigenvalue weighted by Crippen LogP contribution is -2.34. The van der Waals surface area contributed by atoms with Crippen LogP contribution in [0, 0.1) is 5.92 Å². The van der Waals surface area contributed by atoms with Crippen LogP contribution in [0.2, 0.25) is 0 Å². The van der Waals surface area contributed by atoms with Crippen LogP contribution in [-0.2, 0) is 0 Å². The SMILES string of the molecule is CSCC(C)N1CCC(CNC2CC2)C1. The monoisotopic (exact) mass is 228 g/mol. The van der Waals surface area contributed by atoms with E-state index in [1.54, 1.807) is 0 Å². The summed E-state index contributed by atoms with van der Waals surface area (Å²) in [5, 5.41) is 3.66. The molecule has 2 unspecified atom stereocenters. The molecular weight excluding hydrogens is 204 g/mol. The summed E-state index contributed by atoms with van der Waals surface area (Å²) in [5.74, 6) is 2.19. The van der Waals surface area contributed by atoms with E-state index < -0.39 is 0 Å². The molecule has 2 rings (SSSR count). The topological polar surface area (TPSA) is 15.3 Å². The van der Waals surface area contributed by atoms with Gasteiger partial charge >= 0.3 is 0 Å². The standard InChI is InChI=1S/C12H24N2S/c1-10(9-15-2)14-6-5-11(8-14)7-13-12-3-4-12/h10-13H,3-9H2,1-2H3. The second-order valence-corrected chi connectivity index (χ2v) is 6.05. The Balaban J connectivity index is 1.64. The van der Waals surface area contributed by atoms with Crippen molar-refractivity contribution < 1.29 is 0 Å². The molecule has 0 bridgehead atoms. The summed E-state index contributed by atoms with van der Waals surface area (Å²) in [6, 6.07) is 1.65. The molecule has 2 aliphatic rings. The van der Waals surface area contributed by atoms with E-state index in [4.69, 9.17) is 0 Å². The van der Waals surface area contributed by atoms with Gasteiger partial charge in [0.05, 0.1) is 0 Å². The van der Waals surface area contributed by atoms with Gasteiger partial charge < -0.3 is 5.32 Å². The van der Waals surface area contributed by atoms with Gasteiger partial charge in [0.1, 0.15) is 0 Å². The zero-order valence-electron chi connectivity index (χ0n) is 10.0. The molecule has 1 heterocycles. The Labute approximate surface area is 98.2 Å². The van der Waals surface area contributed by atoms with E-state index >= 15 is 0 Å². The van der Waals surface area contributed by atoms with Crippen LogP contribution in [0.3, 0.4) is 0 Å². The maximum atomic E-state index is 3.66. The highest BCUT2D eigenvalue weighted by Crippen LogP contribution is 2.22. The van der Waals surface area contributed by atoms with Gasteiger partial charge in [-0.3, -0.25) is 4.90 Å². The average Bonchev–Trinajstić information content (AvgIpc) is 2.93. The highest BCUT2D eigenvalue weighted by molar-refractivity contribution is 7.98. The molecule has 2 nitrogen and oxygen atoms in total. The number of nitrogens with zero attached hydrogens (tertiary/aromatic N) is 1. The summed E-state index contributed by atoms with van der Waals surface area (Å²) in [4.78, 5) is 2.66. The van der Waals surface area contributed by atoms with Crippen LogP contribution >= 0.6 is 11.8 Å². The fourth-order valence-electron chi connectivity index (χ4n) is 2.40. The van der Waals surface area contributed by atoms with Crippen molar-refractivity contribution in [3.8, 4) is 0 Å². The van der Waals surface area contributed by atoms with Crippen LogP contribution in [0.4, 0.5) is 0 Å². The molecule has 0 aromatic carbocycles. The highest BCUT2D eigenvalue weighted by atomic mass is 32.2. The zero-order valence-corrected chi connectivity index (χ0v) is 10.9. The molecule has 3 heteroatoms. The molecular formula is C12H24N2S. The summed E-state index contributed by atoms with van der Waals surface area (Å²) >= 11 is 1.97. The highest BCUT2D eigenvalue weighted by Gasteiger charge is 2.27. The first kappa shape index (κ1) is 11.7. The molecule has 0 aromatic rings. The summed E-state index contributed by atoms with van der Waals surface area (Å²) in [6.07, 6.45) is 6.44. The predicted molar refractivity (Wildman–Crippen MR) is 68.5 cm³/mol. The van der Waals surface area contributed by atoms with Gasteiger partial charge in [0.2, 0.25) is 0 Å². The number of nitrogens with one attached hydrogen (secondary N) is 1. The van der Waals surface area contributed by atoms with Gasteiger partial charge in [0, 0.05) is 24.4 Å². The summed E-state index contributed by atoms with van der Waals surface area (Å²) < 4.78 is 0. The van der Waals surface area contributed by atoms with Crippen LogP contribution in [0.1, 0.15) is 26.2 Å². The zero-order chi connectivity index (χ0) is 10.7. The van der Waals surface area contributed by atoms with Crippen molar-refractivity contribution in [1.82, 2.24) is 10.2 Å². The smallest absolute Gasteiger partial charge is 0.0158 e. The lowest BCUT2D eigenvalue weighted by Gasteiger charge is -2.23. The van der Waals surface area contributed by atoms with Crippen LogP contribution in [0.25, 0.3) is 0 Å². The maximum absolute atomic E-state index is 3.66. The van der Waals surface area contributed by atoms with E-state index in [0.29, 0.717) is 0 Å². The van der Waals surface area contributed by atoms with Gasteiger partial charge in [-0.2, -0.15) is 11.8 Å². The van der Waals surface area contributed by atoms with E-state index in [-0.39, 0.29) is 0 Å². The maximum Gasteiger partial charge on any atom is 0.0158 e. The molecule has 2 fully saturated rings. The Morgan fingerprint density at radius 3 is 2.87 bits per heavy atom. The Morgan fingerprint density at radius 1 is 1.40 bits per heavy atom. The molecule has 0 radical (unpaired) electrons. The largest absolute Gasteiger partial charge is 0.314 e. The second-order valence-electron chi connectivity index (χ2n) is 5.14. The van der Waals surface area contributed by atoms with Gasteiger partial charge in [-0.25, -0.2) is 0 Å². The number of likely N-dealkylation sites (tertiary alicyclic amines) is 1. The molecule has 1 aliphatic carbocycles. The van der Waals surface area contributed by atoms with Crippen molar-refractivity contribution in [2.24, 2.45) is 5.92 Å². The third-order valence-corrected chi connectivity index (χ3v) is 4.44. The lowest BCUT2D eigenvalue weighted by atomic mass is 10.1. The number of rotatable bonds is 6. The third kappa shape index (κ3) is 3.65. The summed E-state index contributed by atoms with van der Waals surface area (Å²) in [6.45, 7) is 6.26. The first-order chi connectivity index (χ1) is 7.29. The first-order valence-corrected chi connectivity index (χ1v) is 7.65. The minimum absolute atomic E-state index is 0.769. The number of thioether (sulfide) groups is 1. The van der Waals surface area contributed by atoms with Crippen LogP contribution in [0.15, 0.2) is 0 Å². The molecule has 0 spiro atoms.